The fourth-order valence-electron chi connectivity index (χ4n) is 3.34. The molecule has 0 spiro atoms. The summed E-state index contributed by atoms with van der Waals surface area (Å²) < 4.78 is 57.8. The van der Waals surface area contributed by atoms with Gasteiger partial charge in [-0.3, -0.25) is 4.79 Å². The molecule has 2 aromatic rings. The number of ether oxygens (including phenoxy) is 1. The van der Waals surface area contributed by atoms with Crippen molar-refractivity contribution in [2.45, 2.75) is 41.6 Å². The van der Waals surface area contributed by atoms with E-state index in [9.17, 15) is 22.0 Å². The molecule has 0 aliphatic carbocycles. The fourth-order valence-corrected chi connectivity index (χ4v) is 5.48. The number of anilines is 1. The van der Waals surface area contributed by atoms with Gasteiger partial charge in [0.2, 0.25) is 10.0 Å². The predicted molar refractivity (Wildman–Crippen MR) is 116 cm³/mol. The number of nitrogens with zero attached hydrogens (tertiary/aromatic N) is 1. The molecule has 2 atom stereocenters. The molecule has 1 aliphatic heterocycles. The van der Waals surface area contributed by atoms with Crippen LogP contribution in [-0.2, 0) is 14.8 Å². The van der Waals surface area contributed by atoms with Gasteiger partial charge >= 0.3 is 0 Å². The minimum Gasteiger partial charge on any atom is -0.378 e. The first-order valence-electron chi connectivity index (χ1n) is 9.73. The molecule has 0 saturated carbocycles. The van der Waals surface area contributed by atoms with Crippen LogP contribution in [-0.4, -0.2) is 56.1 Å². The van der Waals surface area contributed by atoms with Gasteiger partial charge in [0.15, 0.2) is 5.78 Å². The van der Waals surface area contributed by atoms with Crippen LogP contribution in [0, 0.1) is 0 Å². The van der Waals surface area contributed by atoms with Gasteiger partial charge in [-0.2, -0.15) is 13.1 Å². The highest BCUT2D eigenvalue weighted by molar-refractivity contribution is 7.99. The highest BCUT2D eigenvalue weighted by Crippen LogP contribution is 2.26. The van der Waals surface area contributed by atoms with Crippen LogP contribution in [0.4, 0.5) is 14.5 Å². The Hall–Kier alpha value is -2.01. The number of morpholine rings is 1. The largest absolute Gasteiger partial charge is 0.378 e. The average Bonchev–Trinajstić information content (AvgIpc) is 2.72. The first-order chi connectivity index (χ1) is 14.6. The minimum absolute atomic E-state index is 0.0591. The summed E-state index contributed by atoms with van der Waals surface area (Å²) in [5.41, 5.74) is 0.875. The molecule has 168 valence electrons. The summed E-state index contributed by atoms with van der Waals surface area (Å²) in [6.45, 7) is 4.10. The number of rotatable bonds is 8. The number of carbonyl (C=O) groups is 1. The molecule has 2 aromatic carbocycles. The van der Waals surface area contributed by atoms with Crippen molar-refractivity contribution in [2.75, 3.05) is 25.0 Å². The average molecular weight is 471 g/mol. The summed E-state index contributed by atoms with van der Waals surface area (Å²) in [6.07, 6.45) is -0.420. The van der Waals surface area contributed by atoms with Crippen LogP contribution in [0.2, 0.25) is 0 Å². The van der Waals surface area contributed by atoms with Gasteiger partial charge in [-0.1, -0.05) is 23.9 Å². The number of ketones is 1. The number of hydrogen-bond acceptors (Lipinski definition) is 6. The molecule has 2 unspecified atom stereocenters. The number of hydrogen-bond donors (Lipinski definition) is 1. The number of carbonyl (C=O) groups excluding carboxylic acids is 1. The van der Waals surface area contributed by atoms with E-state index >= 15 is 0 Å². The standard InChI is InChI=1S/C21H24F2N2O4S2/c1-14-12-25(13-15(2)29-14)31(27,28)19-5-3-4-16(10-19)20(26)11-24-17-6-8-18(9-7-17)30-21(22)23/h3-10,14-15,21,24H,11-13H2,1-2H3. The van der Waals surface area contributed by atoms with Crippen molar-refractivity contribution in [2.24, 2.45) is 0 Å². The number of alkyl halides is 2. The van der Waals surface area contributed by atoms with Crippen molar-refractivity contribution in [1.29, 1.82) is 0 Å². The smallest absolute Gasteiger partial charge is 0.288 e. The van der Waals surface area contributed by atoms with Crippen LogP contribution in [0.5, 0.6) is 0 Å². The zero-order valence-electron chi connectivity index (χ0n) is 17.1. The zero-order valence-corrected chi connectivity index (χ0v) is 18.8. The molecular formula is C21H24F2N2O4S2. The van der Waals surface area contributed by atoms with Gasteiger partial charge in [-0.15, -0.1) is 0 Å². The number of sulfonamides is 1. The van der Waals surface area contributed by atoms with Gasteiger partial charge in [0.05, 0.1) is 23.6 Å². The summed E-state index contributed by atoms with van der Waals surface area (Å²) in [5.74, 6) is -2.78. The zero-order chi connectivity index (χ0) is 22.6. The molecular weight excluding hydrogens is 446 g/mol. The maximum absolute atomic E-state index is 13.0. The Morgan fingerprint density at radius 3 is 2.42 bits per heavy atom. The van der Waals surface area contributed by atoms with E-state index in [1.807, 2.05) is 13.8 Å². The molecule has 10 heteroatoms. The second-order valence-electron chi connectivity index (χ2n) is 7.29. The first-order valence-corrected chi connectivity index (χ1v) is 12.0. The third kappa shape index (κ3) is 6.25. The molecule has 1 aliphatic rings. The van der Waals surface area contributed by atoms with Crippen molar-refractivity contribution in [3.8, 4) is 0 Å². The number of halogens is 2. The van der Waals surface area contributed by atoms with Gasteiger partial charge in [0, 0.05) is 29.2 Å². The minimum atomic E-state index is -3.75. The van der Waals surface area contributed by atoms with Gasteiger partial charge in [0.1, 0.15) is 0 Å². The lowest BCUT2D eigenvalue weighted by Crippen LogP contribution is -2.48. The Balaban J connectivity index is 1.67. The second-order valence-corrected chi connectivity index (χ2v) is 10.3. The normalized spacial score (nSPS) is 20.0. The van der Waals surface area contributed by atoms with Gasteiger partial charge < -0.3 is 10.1 Å². The topological polar surface area (TPSA) is 75.7 Å². The van der Waals surface area contributed by atoms with Crippen LogP contribution in [0.25, 0.3) is 0 Å². The Morgan fingerprint density at radius 2 is 1.81 bits per heavy atom. The number of nitrogens with one attached hydrogen (secondary N) is 1. The molecule has 31 heavy (non-hydrogen) atoms. The van der Waals surface area contributed by atoms with Gasteiger partial charge in [-0.25, -0.2) is 8.42 Å². The van der Waals surface area contributed by atoms with E-state index in [0.717, 1.165) is 0 Å². The van der Waals surface area contributed by atoms with Crippen molar-refractivity contribution in [3.63, 3.8) is 0 Å². The van der Waals surface area contributed by atoms with E-state index in [4.69, 9.17) is 4.74 Å². The van der Waals surface area contributed by atoms with Crippen molar-refractivity contribution < 1.29 is 26.7 Å². The first kappa shape index (κ1) is 23.6. The lowest BCUT2D eigenvalue weighted by molar-refractivity contribution is -0.0440. The van der Waals surface area contributed by atoms with E-state index in [1.165, 1.54) is 16.4 Å². The van der Waals surface area contributed by atoms with E-state index in [0.29, 0.717) is 22.3 Å². The van der Waals surface area contributed by atoms with Crippen LogP contribution in [0.3, 0.4) is 0 Å². The predicted octanol–water partition coefficient (Wildman–Crippen LogP) is 4.09. The third-order valence-electron chi connectivity index (χ3n) is 4.71. The molecule has 3 rings (SSSR count). The maximum atomic E-state index is 13.0. The molecule has 6 nitrogen and oxygen atoms in total. The second kappa shape index (κ2) is 10.1. The summed E-state index contributed by atoms with van der Waals surface area (Å²) >= 11 is 0.447. The number of thioether (sulfide) groups is 1. The molecule has 1 fully saturated rings. The SMILES string of the molecule is CC1CN(S(=O)(=O)c2cccc(C(=O)CNc3ccc(SC(F)F)cc3)c2)CC(C)O1. The molecule has 0 bridgehead atoms. The molecule has 0 aromatic heterocycles. The molecule has 1 heterocycles. The summed E-state index contributed by atoms with van der Waals surface area (Å²) in [5, 5.41) is 2.93. The lowest BCUT2D eigenvalue weighted by atomic mass is 10.1. The highest BCUT2D eigenvalue weighted by atomic mass is 32.2. The summed E-state index contributed by atoms with van der Waals surface area (Å²) in [7, 11) is -3.75. The van der Waals surface area contributed by atoms with Crippen LogP contribution >= 0.6 is 11.8 Å². The Morgan fingerprint density at radius 1 is 1.16 bits per heavy atom. The van der Waals surface area contributed by atoms with Gasteiger partial charge in [0.25, 0.3) is 5.76 Å². The monoisotopic (exact) mass is 470 g/mol. The van der Waals surface area contributed by atoms with E-state index in [-0.39, 0.29) is 48.1 Å². The van der Waals surface area contributed by atoms with Crippen LogP contribution < -0.4 is 5.32 Å². The Kier molecular flexibility index (Phi) is 7.68. The van der Waals surface area contributed by atoms with Gasteiger partial charge in [-0.05, 0) is 50.2 Å². The van der Waals surface area contributed by atoms with E-state index in [1.54, 1.807) is 36.4 Å². The molecule has 0 amide bonds. The van der Waals surface area contributed by atoms with E-state index < -0.39 is 15.8 Å². The number of Topliss-reactive ketones (excluding diaryl/α,β-unsaturated/α-hetero) is 1. The summed E-state index contributed by atoms with van der Waals surface area (Å²) in [6, 6.07) is 12.3. The van der Waals surface area contributed by atoms with Crippen molar-refractivity contribution >= 4 is 33.3 Å². The third-order valence-corrected chi connectivity index (χ3v) is 7.26. The van der Waals surface area contributed by atoms with E-state index in [2.05, 4.69) is 5.32 Å². The van der Waals surface area contributed by atoms with Crippen molar-refractivity contribution in [3.05, 3.63) is 54.1 Å². The Bertz CT molecular complexity index is 1010. The molecule has 1 N–H and O–H groups in total. The Labute approximate surface area is 185 Å². The quantitative estimate of drug-likeness (QED) is 0.463. The van der Waals surface area contributed by atoms with Crippen LogP contribution in [0.15, 0.2) is 58.3 Å². The fraction of sp³-hybridized carbons (Fsp3) is 0.381. The molecule has 0 radical (unpaired) electrons. The van der Waals surface area contributed by atoms with Crippen molar-refractivity contribution in [1.82, 2.24) is 4.31 Å². The van der Waals surface area contributed by atoms with Crippen LogP contribution in [0.1, 0.15) is 24.2 Å². The maximum Gasteiger partial charge on any atom is 0.288 e. The highest BCUT2D eigenvalue weighted by Gasteiger charge is 2.32. The lowest BCUT2D eigenvalue weighted by Gasteiger charge is -2.34. The molecule has 1 saturated heterocycles. The summed E-state index contributed by atoms with van der Waals surface area (Å²) in [4.78, 5) is 13.1. The number of benzene rings is 2.